The Labute approximate surface area is 195 Å². The third kappa shape index (κ3) is 6.33. The van der Waals surface area contributed by atoms with Crippen LogP contribution >= 0.6 is 0 Å². The SMILES string of the molecule is N=Cc1cc(-n2ccc(OCc3ccccc3)cc2=O)ccc1NCCCN1CCCCC1. The summed E-state index contributed by atoms with van der Waals surface area (Å²) in [4.78, 5) is 15.2. The molecule has 2 heterocycles. The molecular weight excluding hydrogens is 412 g/mol. The van der Waals surface area contributed by atoms with E-state index in [1.807, 2.05) is 48.5 Å². The number of aromatic nitrogens is 1. The fourth-order valence-corrected chi connectivity index (χ4v) is 4.19. The van der Waals surface area contributed by atoms with Crippen LogP contribution in [0.1, 0.15) is 36.8 Å². The lowest BCUT2D eigenvalue weighted by molar-refractivity contribution is 0.228. The predicted octanol–water partition coefficient (Wildman–Crippen LogP) is 4.70. The molecule has 6 heteroatoms. The summed E-state index contributed by atoms with van der Waals surface area (Å²) in [5.74, 6) is 0.541. The number of benzene rings is 2. The van der Waals surface area contributed by atoms with E-state index in [0.29, 0.717) is 12.4 Å². The lowest BCUT2D eigenvalue weighted by Crippen LogP contribution is -2.31. The standard InChI is InChI=1S/C27H32N4O2/c28-20-23-18-24(10-11-26(23)29-13-7-16-30-14-5-2-6-15-30)31-17-12-25(19-27(31)32)33-21-22-8-3-1-4-9-22/h1,3-4,8-12,17-20,28-29H,2,5-7,13-16,21H2. The summed E-state index contributed by atoms with van der Waals surface area (Å²) in [5.41, 5.74) is 3.30. The van der Waals surface area contributed by atoms with Crippen molar-refractivity contribution in [1.82, 2.24) is 9.47 Å². The fourth-order valence-electron chi connectivity index (χ4n) is 4.19. The van der Waals surface area contributed by atoms with Crippen molar-refractivity contribution in [2.45, 2.75) is 32.3 Å². The van der Waals surface area contributed by atoms with Crippen LogP contribution in [0.25, 0.3) is 5.69 Å². The van der Waals surface area contributed by atoms with Crippen LogP contribution < -0.4 is 15.6 Å². The zero-order valence-electron chi connectivity index (χ0n) is 19.0. The Balaban J connectivity index is 1.37. The number of hydrogen-bond acceptors (Lipinski definition) is 5. The fraction of sp³-hybridized carbons (Fsp3) is 0.333. The number of hydrogen-bond donors (Lipinski definition) is 2. The minimum Gasteiger partial charge on any atom is -0.489 e. The van der Waals surface area contributed by atoms with E-state index in [9.17, 15) is 4.79 Å². The van der Waals surface area contributed by atoms with Gasteiger partial charge in [-0.2, -0.15) is 0 Å². The van der Waals surface area contributed by atoms with E-state index in [-0.39, 0.29) is 5.56 Å². The molecule has 1 aromatic heterocycles. The maximum atomic E-state index is 12.7. The minimum absolute atomic E-state index is 0.168. The summed E-state index contributed by atoms with van der Waals surface area (Å²) in [6.45, 7) is 4.82. The Hall–Kier alpha value is -3.38. The molecule has 6 nitrogen and oxygen atoms in total. The Morgan fingerprint density at radius 2 is 1.82 bits per heavy atom. The van der Waals surface area contributed by atoms with E-state index in [1.54, 1.807) is 16.8 Å². The first kappa shape index (κ1) is 22.8. The Bertz CT molecular complexity index is 1100. The topological polar surface area (TPSA) is 70.3 Å². The van der Waals surface area contributed by atoms with Crippen molar-refractivity contribution in [1.29, 1.82) is 5.41 Å². The third-order valence-electron chi connectivity index (χ3n) is 6.02. The van der Waals surface area contributed by atoms with Crippen LogP contribution in [0, 0.1) is 5.41 Å². The summed E-state index contributed by atoms with van der Waals surface area (Å²) >= 11 is 0. The van der Waals surface area contributed by atoms with Gasteiger partial charge in [0.1, 0.15) is 12.4 Å². The first-order valence-corrected chi connectivity index (χ1v) is 11.7. The second-order valence-electron chi connectivity index (χ2n) is 8.44. The van der Waals surface area contributed by atoms with E-state index in [1.165, 1.54) is 44.6 Å². The van der Waals surface area contributed by atoms with Gasteiger partial charge in [-0.15, -0.1) is 0 Å². The van der Waals surface area contributed by atoms with Crippen molar-refractivity contribution in [2.24, 2.45) is 0 Å². The molecule has 1 aliphatic heterocycles. The van der Waals surface area contributed by atoms with Gasteiger partial charge >= 0.3 is 0 Å². The molecule has 172 valence electrons. The van der Waals surface area contributed by atoms with Gasteiger partial charge in [-0.3, -0.25) is 9.36 Å². The summed E-state index contributed by atoms with van der Waals surface area (Å²) in [7, 11) is 0. The van der Waals surface area contributed by atoms with Crippen molar-refractivity contribution in [3.05, 3.63) is 88.3 Å². The Morgan fingerprint density at radius 3 is 2.58 bits per heavy atom. The van der Waals surface area contributed by atoms with Crippen LogP contribution in [-0.4, -0.2) is 41.9 Å². The van der Waals surface area contributed by atoms with Crippen LogP contribution in [0.3, 0.4) is 0 Å². The molecule has 1 saturated heterocycles. The average molecular weight is 445 g/mol. The van der Waals surface area contributed by atoms with E-state index in [4.69, 9.17) is 10.1 Å². The molecule has 0 atom stereocenters. The summed E-state index contributed by atoms with van der Waals surface area (Å²) in [5, 5.41) is 11.3. The highest BCUT2D eigenvalue weighted by atomic mass is 16.5. The molecular formula is C27H32N4O2. The zero-order chi connectivity index (χ0) is 22.9. The molecule has 0 bridgehead atoms. The normalized spacial score (nSPS) is 14.1. The summed E-state index contributed by atoms with van der Waals surface area (Å²) in [6, 6.07) is 18.9. The quantitative estimate of drug-likeness (QED) is 0.351. The van der Waals surface area contributed by atoms with Gasteiger partial charge in [0.15, 0.2) is 0 Å². The summed E-state index contributed by atoms with van der Waals surface area (Å²) in [6.07, 6.45) is 8.11. The number of piperidine rings is 1. The molecule has 0 aliphatic carbocycles. The maximum Gasteiger partial charge on any atom is 0.258 e. The maximum absolute atomic E-state index is 12.7. The second kappa shape index (κ2) is 11.5. The number of nitrogens with one attached hydrogen (secondary N) is 2. The van der Waals surface area contributed by atoms with Gasteiger partial charge in [-0.1, -0.05) is 36.8 Å². The van der Waals surface area contributed by atoms with Gasteiger partial charge in [0.25, 0.3) is 5.56 Å². The molecule has 0 amide bonds. The number of likely N-dealkylation sites (tertiary alicyclic amines) is 1. The lowest BCUT2D eigenvalue weighted by atomic mass is 10.1. The van der Waals surface area contributed by atoms with E-state index < -0.39 is 0 Å². The van der Waals surface area contributed by atoms with Gasteiger partial charge in [-0.05, 0) is 68.7 Å². The molecule has 1 aliphatic rings. The summed E-state index contributed by atoms with van der Waals surface area (Å²) < 4.78 is 7.34. The first-order valence-electron chi connectivity index (χ1n) is 11.7. The molecule has 0 radical (unpaired) electrons. The minimum atomic E-state index is -0.168. The van der Waals surface area contributed by atoms with Gasteiger partial charge in [-0.25, -0.2) is 0 Å². The second-order valence-corrected chi connectivity index (χ2v) is 8.44. The molecule has 0 saturated carbocycles. The molecule has 4 rings (SSSR count). The average Bonchev–Trinajstić information content (AvgIpc) is 2.87. The number of rotatable bonds is 10. The van der Waals surface area contributed by atoms with Crippen LogP contribution in [0.4, 0.5) is 5.69 Å². The zero-order valence-corrected chi connectivity index (χ0v) is 19.0. The molecule has 1 fully saturated rings. The molecule has 33 heavy (non-hydrogen) atoms. The largest absolute Gasteiger partial charge is 0.489 e. The van der Waals surface area contributed by atoms with E-state index in [0.717, 1.165) is 42.0 Å². The smallest absolute Gasteiger partial charge is 0.258 e. The third-order valence-corrected chi connectivity index (χ3v) is 6.02. The van der Waals surface area contributed by atoms with Crippen molar-refractivity contribution >= 4 is 11.9 Å². The van der Waals surface area contributed by atoms with Crippen molar-refractivity contribution in [3.63, 3.8) is 0 Å². The predicted molar refractivity (Wildman–Crippen MR) is 134 cm³/mol. The molecule has 2 N–H and O–H groups in total. The monoisotopic (exact) mass is 444 g/mol. The van der Waals surface area contributed by atoms with Gasteiger partial charge in [0.05, 0.1) is 0 Å². The highest BCUT2D eigenvalue weighted by Crippen LogP contribution is 2.19. The first-order chi connectivity index (χ1) is 16.2. The Kier molecular flexibility index (Phi) is 7.93. The molecule has 0 spiro atoms. The molecule has 0 unspecified atom stereocenters. The highest BCUT2D eigenvalue weighted by molar-refractivity contribution is 5.86. The van der Waals surface area contributed by atoms with Crippen LogP contribution in [0.5, 0.6) is 5.75 Å². The van der Waals surface area contributed by atoms with E-state index in [2.05, 4.69) is 10.2 Å². The van der Waals surface area contributed by atoms with Crippen LogP contribution in [0.15, 0.2) is 71.7 Å². The number of anilines is 1. The number of nitrogens with zero attached hydrogens (tertiary/aromatic N) is 2. The van der Waals surface area contributed by atoms with Crippen molar-refractivity contribution in [2.75, 3.05) is 31.5 Å². The lowest BCUT2D eigenvalue weighted by Gasteiger charge is -2.26. The highest BCUT2D eigenvalue weighted by Gasteiger charge is 2.10. The number of ether oxygens (including phenoxy) is 1. The van der Waals surface area contributed by atoms with Gasteiger partial charge < -0.3 is 20.4 Å². The van der Waals surface area contributed by atoms with E-state index >= 15 is 0 Å². The van der Waals surface area contributed by atoms with Gasteiger partial charge in [0.2, 0.25) is 0 Å². The molecule has 3 aromatic rings. The van der Waals surface area contributed by atoms with Crippen LogP contribution in [-0.2, 0) is 6.61 Å². The van der Waals surface area contributed by atoms with Crippen LogP contribution in [0.2, 0.25) is 0 Å². The number of pyridine rings is 1. The van der Waals surface area contributed by atoms with Crippen molar-refractivity contribution in [3.8, 4) is 11.4 Å². The Morgan fingerprint density at radius 1 is 1.00 bits per heavy atom. The van der Waals surface area contributed by atoms with Crippen molar-refractivity contribution < 1.29 is 4.74 Å². The van der Waals surface area contributed by atoms with Gasteiger partial charge in [0, 0.05) is 42.0 Å². The molecule has 2 aromatic carbocycles.